The summed E-state index contributed by atoms with van der Waals surface area (Å²) in [6.45, 7) is 4.44. The van der Waals surface area contributed by atoms with Gasteiger partial charge in [0.25, 0.3) is 15.7 Å². The number of ether oxygens (including phenoxy) is 1. The lowest BCUT2D eigenvalue weighted by Crippen LogP contribution is -2.37. The van der Waals surface area contributed by atoms with Crippen LogP contribution in [0, 0.1) is 30.9 Å². The van der Waals surface area contributed by atoms with Crippen LogP contribution in [0.25, 0.3) is 0 Å². The molecule has 0 amide bonds. The van der Waals surface area contributed by atoms with E-state index in [0.29, 0.717) is 22.4 Å². The van der Waals surface area contributed by atoms with Gasteiger partial charge in [-0.2, -0.15) is 0 Å². The quantitative estimate of drug-likeness (QED) is 0.425. The minimum atomic E-state index is -4.26. The molecule has 0 heterocycles. The number of benzene rings is 2. The Balaban J connectivity index is 2.73. The van der Waals surface area contributed by atoms with Gasteiger partial charge in [-0.25, -0.2) is 8.42 Å². The lowest BCUT2D eigenvalue weighted by atomic mass is 10.1. The highest BCUT2D eigenvalue weighted by Crippen LogP contribution is 2.32. The number of para-hydroxylation sites is 1. The predicted octanol–water partition coefficient (Wildman–Crippen LogP) is 2.89. The second-order valence-corrected chi connectivity index (χ2v) is 7.87. The number of nitrogens with zero attached hydrogens (tertiary/aromatic N) is 2. The molecule has 0 radical (unpaired) electrons. The van der Waals surface area contributed by atoms with Crippen LogP contribution in [0.2, 0.25) is 0 Å². The topological polar surface area (TPSA) is 107 Å². The van der Waals surface area contributed by atoms with Crippen molar-refractivity contribution in [3.8, 4) is 0 Å². The largest absolute Gasteiger partial charge is 0.468 e. The van der Waals surface area contributed by atoms with Crippen LogP contribution in [-0.2, 0) is 19.6 Å². The summed E-state index contributed by atoms with van der Waals surface area (Å²) in [5.41, 5.74) is 1.62. The van der Waals surface area contributed by atoms with E-state index in [1.54, 1.807) is 32.0 Å². The fourth-order valence-corrected chi connectivity index (χ4v) is 4.55. The maximum atomic E-state index is 13.4. The van der Waals surface area contributed by atoms with Gasteiger partial charge in [-0.1, -0.05) is 24.3 Å². The van der Waals surface area contributed by atoms with Crippen LogP contribution < -0.4 is 4.31 Å². The Morgan fingerprint density at radius 3 is 2.22 bits per heavy atom. The third-order valence-electron chi connectivity index (χ3n) is 4.14. The van der Waals surface area contributed by atoms with Crippen molar-refractivity contribution in [3.05, 3.63) is 63.2 Å². The molecule has 0 spiro atoms. The average Bonchev–Trinajstić information content (AvgIpc) is 2.60. The van der Waals surface area contributed by atoms with Crippen molar-refractivity contribution in [2.45, 2.75) is 25.7 Å². The Morgan fingerprint density at radius 2 is 1.70 bits per heavy atom. The number of carbonyl (C=O) groups excluding carboxylic acids is 1. The summed E-state index contributed by atoms with van der Waals surface area (Å²) in [6, 6.07) is 8.83. The smallest absolute Gasteiger partial charge is 0.326 e. The number of aryl methyl sites for hydroxylation is 3. The summed E-state index contributed by atoms with van der Waals surface area (Å²) in [7, 11) is -3.10. The van der Waals surface area contributed by atoms with Gasteiger partial charge in [-0.3, -0.25) is 19.2 Å². The van der Waals surface area contributed by atoms with Crippen molar-refractivity contribution in [1.82, 2.24) is 0 Å². The molecular weight excluding hydrogens is 372 g/mol. The van der Waals surface area contributed by atoms with Gasteiger partial charge in [0.2, 0.25) is 0 Å². The number of carbonyl (C=O) groups is 1. The predicted molar refractivity (Wildman–Crippen MR) is 100 cm³/mol. The van der Waals surface area contributed by atoms with E-state index in [0.717, 1.165) is 17.5 Å². The molecule has 2 aromatic rings. The summed E-state index contributed by atoms with van der Waals surface area (Å²) >= 11 is 0. The highest BCUT2D eigenvalue weighted by atomic mass is 32.2. The third kappa shape index (κ3) is 4.08. The van der Waals surface area contributed by atoms with E-state index < -0.39 is 27.5 Å². The van der Waals surface area contributed by atoms with Crippen LogP contribution in [0.4, 0.5) is 11.4 Å². The van der Waals surface area contributed by atoms with Crippen molar-refractivity contribution in [2.75, 3.05) is 18.0 Å². The third-order valence-corrected chi connectivity index (χ3v) is 6.03. The van der Waals surface area contributed by atoms with Gasteiger partial charge in [-0.05, 0) is 37.5 Å². The normalized spacial score (nSPS) is 11.1. The Labute approximate surface area is 157 Å². The zero-order chi connectivity index (χ0) is 20.4. The molecule has 0 aliphatic carbocycles. The summed E-state index contributed by atoms with van der Waals surface area (Å²) in [6.07, 6.45) is 0. The van der Waals surface area contributed by atoms with Crippen molar-refractivity contribution in [1.29, 1.82) is 0 Å². The van der Waals surface area contributed by atoms with E-state index in [1.807, 2.05) is 0 Å². The van der Waals surface area contributed by atoms with Crippen LogP contribution in [0.5, 0.6) is 0 Å². The fraction of sp³-hybridized carbons (Fsp3) is 0.278. The zero-order valence-electron chi connectivity index (χ0n) is 15.4. The number of non-ortho nitro benzene ring substituents is 1. The molecule has 0 saturated carbocycles. The minimum absolute atomic E-state index is 0.233. The van der Waals surface area contributed by atoms with Gasteiger partial charge in [0.05, 0.1) is 22.6 Å². The highest BCUT2D eigenvalue weighted by molar-refractivity contribution is 7.93. The van der Waals surface area contributed by atoms with Crippen LogP contribution in [0.15, 0.2) is 41.3 Å². The number of rotatable bonds is 6. The Morgan fingerprint density at radius 1 is 1.11 bits per heavy atom. The lowest BCUT2D eigenvalue weighted by molar-refractivity contribution is -0.385. The first-order chi connectivity index (χ1) is 12.6. The second-order valence-electron chi connectivity index (χ2n) is 6.04. The number of anilines is 1. The Kier molecular flexibility index (Phi) is 5.85. The van der Waals surface area contributed by atoms with E-state index in [1.165, 1.54) is 19.1 Å². The van der Waals surface area contributed by atoms with E-state index in [4.69, 9.17) is 0 Å². The summed E-state index contributed by atoms with van der Waals surface area (Å²) in [4.78, 5) is 22.1. The van der Waals surface area contributed by atoms with Gasteiger partial charge in [0.15, 0.2) is 0 Å². The first-order valence-corrected chi connectivity index (χ1v) is 9.44. The van der Waals surface area contributed by atoms with E-state index in [9.17, 15) is 23.3 Å². The van der Waals surface area contributed by atoms with Gasteiger partial charge in [0.1, 0.15) is 6.54 Å². The first kappa shape index (κ1) is 20.4. The molecular formula is C18H20N2O6S. The summed E-state index contributed by atoms with van der Waals surface area (Å²) in [5, 5.41) is 11.1. The molecule has 0 unspecified atom stereocenters. The van der Waals surface area contributed by atoms with Gasteiger partial charge >= 0.3 is 5.97 Å². The number of hydrogen-bond acceptors (Lipinski definition) is 6. The molecule has 2 rings (SSSR count). The molecule has 9 heteroatoms. The van der Waals surface area contributed by atoms with Gasteiger partial charge in [0, 0.05) is 12.1 Å². The molecule has 144 valence electrons. The molecule has 2 aromatic carbocycles. The Bertz CT molecular complexity index is 981. The fourth-order valence-electron chi connectivity index (χ4n) is 2.76. The second kappa shape index (κ2) is 7.75. The molecule has 0 aliphatic rings. The maximum absolute atomic E-state index is 13.4. The molecule has 0 bridgehead atoms. The average molecular weight is 392 g/mol. The first-order valence-electron chi connectivity index (χ1n) is 8.00. The van der Waals surface area contributed by atoms with Crippen molar-refractivity contribution in [2.24, 2.45) is 0 Å². The van der Waals surface area contributed by atoms with Gasteiger partial charge in [-0.15, -0.1) is 0 Å². The number of nitro benzene ring substituents is 1. The number of hydrogen-bond donors (Lipinski definition) is 0. The molecule has 0 aromatic heterocycles. The van der Waals surface area contributed by atoms with Crippen molar-refractivity contribution in [3.63, 3.8) is 0 Å². The monoisotopic (exact) mass is 392 g/mol. The maximum Gasteiger partial charge on any atom is 0.326 e. The van der Waals surface area contributed by atoms with Crippen LogP contribution in [-0.4, -0.2) is 33.0 Å². The molecule has 0 aliphatic heterocycles. The van der Waals surface area contributed by atoms with E-state index >= 15 is 0 Å². The van der Waals surface area contributed by atoms with Crippen molar-refractivity contribution >= 4 is 27.4 Å². The SMILES string of the molecule is COC(=O)CN(c1c(C)cccc1C)S(=O)(=O)c1cc([N+](=O)[O-])ccc1C. The van der Waals surface area contributed by atoms with E-state index in [-0.39, 0.29) is 10.6 Å². The summed E-state index contributed by atoms with van der Waals surface area (Å²) in [5.74, 6) is -0.746. The number of esters is 1. The molecule has 0 atom stereocenters. The summed E-state index contributed by atoms with van der Waals surface area (Å²) < 4.78 is 32.4. The van der Waals surface area contributed by atoms with E-state index in [2.05, 4.69) is 4.74 Å². The molecule has 0 saturated heterocycles. The van der Waals surface area contributed by atoms with Gasteiger partial charge < -0.3 is 4.74 Å². The minimum Gasteiger partial charge on any atom is -0.468 e. The molecule has 8 nitrogen and oxygen atoms in total. The highest BCUT2D eigenvalue weighted by Gasteiger charge is 2.32. The van der Waals surface area contributed by atoms with Crippen LogP contribution >= 0.6 is 0 Å². The lowest BCUT2D eigenvalue weighted by Gasteiger charge is -2.27. The number of nitro groups is 1. The molecule has 0 fully saturated rings. The Hall–Kier alpha value is -2.94. The molecule has 27 heavy (non-hydrogen) atoms. The van der Waals surface area contributed by atoms with Crippen molar-refractivity contribution < 1.29 is 22.9 Å². The number of sulfonamides is 1. The van der Waals surface area contributed by atoms with Crippen LogP contribution in [0.3, 0.4) is 0 Å². The number of methoxy groups -OCH3 is 1. The zero-order valence-corrected chi connectivity index (χ0v) is 16.2. The van der Waals surface area contributed by atoms with Crippen LogP contribution in [0.1, 0.15) is 16.7 Å². The molecule has 0 N–H and O–H groups in total. The standard InChI is InChI=1S/C18H20N2O6S/c1-12-8-9-15(20(22)23)10-16(12)27(24,25)19(11-17(21)26-4)18-13(2)6-5-7-14(18)3/h5-10H,11H2,1-4H3.